The van der Waals surface area contributed by atoms with Crippen LogP contribution in [0.4, 0.5) is 11.6 Å². The van der Waals surface area contributed by atoms with Gasteiger partial charge in [-0.05, 0) is 26.2 Å². The Balaban J connectivity index is 2.12. The van der Waals surface area contributed by atoms with Crippen LogP contribution in [0.25, 0.3) is 0 Å². The average molecular weight is 292 g/mol. The highest BCUT2D eigenvalue weighted by Gasteiger charge is 2.33. The average Bonchev–Trinajstić information content (AvgIpc) is 2.97. The normalized spacial score (nSPS) is 16.9. The van der Waals surface area contributed by atoms with Gasteiger partial charge in [-0.1, -0.05) is 26.2 Å². The highest BCUT2D eigenvalue weighted by Crippen LogP contribution is 2.38. The molecule has 118 valence electrons. The number of hydrogen-bond acceptors (Lipinski definition) is 5. The van der Waals surface area contributed by atoms with Crippen LogP contribution in [-0.4, -0.2) is 34.8 Å². The smallest absolute Gasteiger partial charge is 0.134 e. The fourth-order valence-electron chi connectivity index (χ4n) is 3.16. The van der Waals surface area contributed by atoms with Crippen molar-refractivity contribution in [1.82, 2.24) is 9.97 Å². The van der Waals surface area contributed by atoms with Gasteiger partial charge in [-0.3, -0.25) is 0 Å². The Hall–Kier alpha value is -1.36. The zero-order valence-electron chi connectivity index (χ0n) is 13.3. The van der Waals surface area contributed by atoms with Crippen molar-refractivity contribution in [2.75, 3.05) is 30.3 Å². The van der Waals surface area contributed by atoms with Crippen LogP contribution in [0.1, 0.15) is 51.5 Å². The summed E-state index contributed by atoms with van der Waals surface area (Å²) in [6.45, 7) is 6.15. The first-order valence-corrected chi connectivity index (χ1v) is 8.17. The maximum Gasteiger partial charge on any atom is 0.134 e. The second-order valence-corrected chi connectivity index (χ2v) is 6.05. The van der Waals surface area contributed by atoms with Crippen LogP contribution in [0.5, 0.6) is 0 Å². The molecule has 1 aliphatic carbocycles. The minimum Gasteiger partial charge on any atom is -0.396 e. The molecule has 0 radical (unpaired) electrons. The van der Waals surface area contributed by atoms with Crippen molar-refractivity contribution in [3.8, 4) is 0 Å². The predicted octanol–water partition coefficient (Wildman–Crippen LogP) is 2.83. The first kappa shape index (κ1) is 16.0. The summed E-state index contributed by atoms with van der Waals surface area (Å²) in [5, 5.41) is 16.5. The molecule has 5 nitrogen and oxygen atoms in total. The van der Waals surface area contributed by atoms with Crippen LogP contribution in [0, 0.1) is 5.41 Å². The molecule has 0 amide bonds. The molecular weight excluding hydrogens is 264 g/mol. The molecule has 0 spiro atoms. The van der Waals surface area contributed by atoms with E-state index in [0.717, 1.165) is 56.0 Å². The Kier molecular flexibility index (Phi) is 5.79. The Morgan fingerprint density at radius 3 is 2.38 bits per heavy atom. The summed E-state index contributed by atoms with van der Waals surface area (Å²) in [7, 11) is 0. The molecule has 1 fully saturated rings. The van der Waals surface area contributed by atoms with Gasteiger partial charge >= 0.3 is 0 Å². The number of nitrogens with zero attached hydrogens (tertiary/aromatic N) is 2. The molecule has 0 bridgehead atoms. The van der Waals surface area contributed by atoms with Gasteiger partial charge in [0.15, 0.2) is 0 Å². The third kappa shape index (κ3) is 3.84. The number of hydrogen-bond donors (Lipinski definition) is 3. The molecule has 0 aliphatic heterocycles. The molecule has 21 heavy (non-hydrogen) atoms. The van der Waals surface area contributed by atoms with E-state index in [1.54, 1.807) is 6.33 Å². The van der Waals surface area contributed by atoms with Crippen molar-refractivity contribution < 1.29 is 5.11 Å². The predicted molar refractivity (Wildman–Crippen MR) is 86.7 cm³/mol. The summed E-state index contributed by atoms with van der Waals surface area (Å²) in [4.78, 5) is 8.78. The highest BCUT2D eigenvalue weighted by atomic mass is 16.3. The lowest BCUT2D eigenvalue weighted by molar-refractivity contribution is 0.142. The van der Waals surface area contributed by atoms with E-state index < -0.39 is 0 Å². The monoisotopic (exact) mass is 292 g/mol. The third-order valence-electron chi connectivity index (χ3n) is 4.42. The van der Waals surface area contributed by atoms with E-state index in [9.17, 15) is 5.11 Å². The molecular formula is C16H28N4O. The van der Waals surface area contributed by atoms with Crippen molar-refractivity contribution in [3.05, 3.63) is 11.9 Å². The summed E-state index contributed by atoms with van der Waals surface area (Å²) < 4.78 is 0. The third-order valence-corrected chi connectivity index (χ3v) is 4.42. The molecule has 1 aromatic heterocycles. The van der Waals surface area contributed by atoms with Crippen LogP contribution in [0.2, 0.25) is 0 Å². The highest BCUT2D eigenvalue weighted by molar-refractivity contribution is 5.57. The Morgan fingerprint density at radius 1 is 1.14 bits per heavy atom. The van der Waals surface area contributed by atoms with Crippen LogP contribution in [0.15, 0.2) is 6.33 Å². The number of aliphatic hydroxyl groups is 1. The van der Waals surface area contributed by atoms with E-state index >= 15 is 0 Å². The maximum absolute atomic E-state index is 9.72. The summed E-state index contributed by atoms with van der Waals surface area (Å²) in [6, 6.07) is 0. The van der Waals surface area contributed by atoms with Crippen LogP contribution >= 0.6 is 0 Å². The molecule has 0 unspecified atom stereocenters. The number of anilines is 2. The minimum atomic E-state index is 0.0345. The maximum atomic E-state index is 9.72. The molecule has 1 aromatic rings. The van der Waals surface area contributed by atoms with Gasteiger partial charge in [0.05, 0.1) is 6.61 Å². The van der Waals surface area contributed by atoms with E-state index in [1.165, 1.54) is 12.8 Å². The van der Waals surface area contributed by atoms with Gasteiger partial charge in [-0.2, -0.15) is 0 Å². The van der Waals surface area contributed by atoms with Crippen molar-refractivity contribution >= 4 is 11.6 Å². The lowest BCUT2D eigenvalue weighted by atomic mass is 9.87. The largest absolute Gasteiger partial charge is 0.396 e. The standard InChI is InChI=1S/C16H28N4O/c1-3-7-13-14(17-4-2)19-12-20-15(13)18-10-16(11-21)8-5-6-9-16/h12,21H,3-11H2,1-2H3,(H2,17,18,19,20). The van der Waals surface area contributed by atoms with Crippen molar-refractivity contribution in [2.24, 2.45) is 5.41 Å². The van der Waals surface area contributed by atoms with E-state index in [2.05, 4.69) is 34.4 Å². The quantitative estimate of drug-likeness (QED) is 0.687. The lowest BCUT2D eigenvalue weighted by Gasteiger charge is -2.27. The number of aliphatic hydroxyl groups excluding tert-OH is 1. The van der Waals surface area contributed by atoms with E-state index in [1.807, 2.05) is 0 Å². The van der Waals surface area contributed by atoms with Gasteiger partial charge in [-0.15, -0.1) is 0 Å². The second kappa shape index (κ2) is 7.59. The zero-order chi connectivity index (χ0) is 15.1. The number of aromatic nitrogens is 2. The molecule has 1 saturated carbocycles. The topological polar surface area (TPSA) is 70.1 Å². The summed E-state index contributed by atoms with van der Waals surface area (Å²) in [5.41, 5.74) is 1.19. The van der Waals surface area contributed by atoms with Gasteiger partial charge < -0.3 is 15.7 Å². The number of nitrogens with one attached hydrogen (secondary N) is 2. The molecule has 0 atom stereocenters. The Bertz CT molecular complexity index is 444. The molecule has 2 rings (SSSR count). The van der Waals surface area contributed by atoms with Crippen LogP contribution in [0.3, 0.4) is 0 Å². The van der Waals surface area contributed by atoms with E-state index in [-0.39, 0.29) is 12.0 Å². The van der Waals surface area contributed by atoms with Crippen molar-refractivity contribution in [1.29, 1.82) is 0 Å². The van der Waals surface area contributed by atoms with Crippen LogP contribution < -0.4 is 10.6 Å². The molecule has 0 saturated heterocycles. The van der Waals surface area contributed by atoms with E-state index in [0.29, 0.717) is 0 Å². The molecule has 3 N–H and O–H groups in total. The summed E-state index contributed by atoms with van der Waals surface area (Å²) >= 11 is 0. The van der Waals surface area contributed by atoms with Crippen LogP contribution in [-0.2, 0) is 6.42 Å². The molecule has 5 heteroatoms. The summed E-state index contributed by atoms with van der Waals surface area (Å²) in [5.74, 6) is 1.85. The fourth-order valence-corrected chi connectivity index (χ4v) is 3.16. The SMILES string of the molecule is CCCc1c(NCC)ncnc1NCC1(CO)CCCC1. The molecule has 1 heterocycles. The van der Waals surface area contributed by atoms with Gasteiger partial charge in [0.2, 0.25) is 0 Å². The lowest BCUT2D eigenvalue weighted by Crippen LogP contribution is -2.31. The summed E-state index contributed by atoms with van der Waals surface area (Å²) in [6.07, 6.45) is 8.27. The van der Waals surface area contributed by atoms with Gasteiger partial charge in [0.25, 0.3) is 0 Å². The first-order valence-electron chi connectivity index (χ1n) is 8.17. The van der Waals surface area contributed by atoms with E-state index in [4.69, 9.17) is 0 Å². The zero-order valence-corrected chi connectivity index (χ0v) is 13.3. The first-order chi connectivity index (χ1) is 10.2. The van der Waals surface area contributed by atoms with Crippen molar-refractivity contribution in [3.63, 3.8) is 0 Å². The van der Waals surface area contributed by atoms with Gasteiger partial charge in [0, 0.05) is 24.1 Å². The molecule has 0 aromatic carbocycles. The Labute approximate surface area is 127 Å². The van der Waals surface area contributed by atoms with Crippen molar-refractivity contribution in [2.45, 2.75) is 52.4 Å². The van der Waals surface area contributed by atoms with Gasteiger partial charge in [-0.25, -0.2) is 9.97 Å². The van der Waals surface area contributed by atoms with Gasteiger partial charge in [0.1, 0.15) is 18.0 Å². The number of rotatable bonds is 8. The minimum absolute atomic E-state index is 0.0345. The second-order valence-electron chi connectivity index (χ2n) is 6.05. The fraction of sp³-hybridized carbons (Fsp3) is 0.750. The molecule has 1 aliphatic rings. The Morgan fingerprint density at radius 2 is 1.81 bits per heavy atom.